The average Bonchev–Trinajstić information content (AvgIpc) is 2.38. The second-order valence-corrected chi connectivity index (χ2v) is 5.52. The molecule has 1 unspecified atom stereocenters. The third-order valence-electron chi connectivity index (χ3n) is 3.42. The normalized spacial score (nSPS) is 19.8. The number of piperidine rings is 1. The van der Waals surface area contributed by atoms with Crippen LogP contribution in [0.5, 0.6) is 0 Å². The van der Waals surface area contributed by atoms with Gasteiger partial charge in [-0.2, -0.15) is 0 Å². The van der Waals surface area contributed by atoms with Gasteiger partial charge in [-0.15, -0.1) is 0 Å². The molecule has 1 aromatic rings. The Labute approximate surface area is 118 Å². The fraction of sp³-hybridized carbons (Fsp3) is 0.533. The van der Waals surface area contributed by atoms with Gasteiger partial charge < -0.3 is 10.2 Å². The summed E-state index contributed by atoms with van der Waals surface area (Å²) in [6, 6.07) is 3.84. The molecule has 3 nitrogen and oxygen atoms in total. The Balaban J connectivity index is 2.04. The number of likely N-dealkylation sites (tertiary alicyclic amines) is 1. The molecule has 0 spiro atoms. The number of hydrogen-bond donors (Lipinski definition) is 1. The highest BCUT2D eigenvalue weighted by molar-refractivity contribution is 5.82. The summed E-state index contributed by atoms with van der Waals surface area (Å²) in [6.07, 6.45) is 1.74. The maximum Gasteiger partial charge on any atom is 0.240 e. The standard InChI is InChI=1S/C15H20F2N2O/c1-10(2)18-14-4-3-7-19(15(14)20)9-11-5-6-12(16)13(17)8-11/h5-6,8,10,14,18H,3-4,7,9H2,1-2H3. The Hall–Kier alpha value is -1.49. The largest absolute Gasteiger partial charge is 0.337 e. The van der Waals surface area contributed by atoms with Crippen molar-refractivity contribution in [1.29, 1.82) is 0 Å². The number of halogens is 2. The van der Waals surface area contributed by atoms with Crippen LogP contribution in [-0.2, 0) is 11.3 Å². The van der Waals surface area contributed by atoms with E-state index in [9.17, 15) is 13.6 Å². The molecule has 1 saturated heterocycles. The monoisotopic (exact) mass is 282 g/mol. The van der Waals surface area contributed by atoms with Gasteiger partial charge in [0, 0.05) is 19.1 Å². The van der Waals surface area contributed by atoms with Crippen molar-refractivity contribution in [2.45, 2.75) is 45.3 Å². The summed E-state index contributed by atoms with van der Waals surface area (Å²) < 4.78 is 26.1. The molecule has 0 aliphatic carbocycles. The van der Waals surface area contributed by atoms with Crippen molar-refractivity contribution in [2.24, 2.45) is 0 Å². The zero-order chi connectivity index (χ0) is 14.7. The minimum Gasteiger partial charge on any atom is -0.337 e. The van der Waals surface area contributed by atoms with E-state index in [0.717, 1.165) is 25.0 Å². The van der Waals surface area contributed by atoms with E-state index in [1.165, 1.54) is 6.07 Å². The molecule has 1 aliphatic rings. The maximum absolute atomic E-state index is 13.2. The van der Waals surface area contributed by atoms with Crippen molar-refractivity contribution in [3.8, 4) is 0 Å². The number of carbonyl (C=O) groups is 1. The van der Waals surface area contributed by atoms with Crippen molar-refractivity contribution in [3.05, 3.63) is 35.4 Å². The molecule has 1 heterocycles. The van der Waals surface area contributed by atoms with Crippen molar-refractivity contribution < 1.29 is 13.6 Å². The first kappa shape index (κ1) is 14.9. The van der Waals surface area contributed by atoms with Crippen molar-refractivity contribution in [3.63, 3.8) is 0 Å². The van der Waals surface area contributed by atoms with Crippen molar-refractivity contribution in [2.75, 3.05) is 6.54 Å². The van der Waals surface area contributed by atoms with Crippen LogP contribution < -0.4 is 5.32 Å². The van der Waals surface area contributed by atoms with E-state index in [1.54, 1.807) is 4.90 Å². The van der Waals surface area contributed by atoms with Gasteiger partial charge in [-0.25, -0.2) is 8.78 Å². The Bertz CT molecular complexity index is 491. The summed E-state index contributed by atoms with van der Waals surface area (Å²) in [5, 5.41) is 3.24. The number of hydrogen-bond acceptors (Lipinski definition) is 2. The summed E-state index contributed by atoms with van der Waals surface area (Å²) in [4.78, 5) is 14.0. The summed E-state index contributed by atoms with van der Waals surface area (Å²) >= 11 is 0. The van der Waals surface area contributed by atoms with E-state index in [1.807, 2.05) is 13.8 Å². The Morgan fingerprint density at radius 2 is 2.10 bits per heavy atom. The van der Waals surface area contributed by atoms with Crippen molar-refractivity contribution in [1.82, 2.24) is 10.2 Å². The number of benzene rings is 1. The second kappa shape index (κ2) is 6.31. The van der Waals surface area contributed by atoms with Crippen LogP contribution in [-0.4, -0.2) is 29.4 Å². The first-order valence-corrected chi connectivity index (χ1v) is 6.96. The van der Waals surface area contributed by atoms with E-state index < -0.39 is 11.6 Å². The minimum absolute atomic E-state index is 0.0367. The van der Waals surface area contributed by atoms with Crippen LogP contribution in [0, 0.1) is 11.6 Å². The highest BCUT2D eigenvalue weighted by atomic mass is 19.2. The first-order chi connectivity index (χ1) is 9.47. The van der Waals surface area contributed by atoms with Gasteiger partial charge >= 0.3 is 0 Å². The molecule has 110 valence electrons. The van der Waals surface area contributed by atoms with Gasteiger partial charge in [-0.3, -0.25) is 4.79 Å². The predicted octanol–water partition coefficient (Wildman–Crippen LogP) is 2.45. The average molecular weight is 282 g/mol. The Morgan fingerprint density at radius 3 is 2.75 bits per heavy atom. The van der Waals surface area contributed by atoms with E-state index in [0.29, 0.717) is 18.7 Å². The molecule has 1 atom stereocenters. The van der Waals surface area contributed by atoms with Gasteiger partial charge in [0.05, 0.1) is 6.04 Å². The number of nitrogens with zero attached hydrogens (tertiary/aromatic N) is 1. The highest BCUT2D eigenvalue weighted by Gasteiger charge is 2.28. The lowest BCUT2D eigenvalue weighted by Gasteiger charge is -2.33. The molecule has 1 N–H and O–H groups in total. The summed E-state index contributed by atoms with van der Waals surface area (Å²) in [7, 11) is 0. The molecule has 1 fully saturated rings. The lowest BCUT2D eigenvalue weighted by molar-refractivity contribution is -0.136. The van der Waals surface area contributed by atoms with Gasteiger partial charge in [-0.1, -0.05) is 19.9 Å². The van der Waals surface area contributed by atoms with Gasteiger partial charge in [0.2, 0.25) is 5.91 Å². The van der Waals surface area contributed by atoms with Crippen LogP contribution in [0.1, 0.15) is 32.3 Å². The van der Waals surface area contributed by atoms with Gasteiger partial charge in [0.1, 0.15) is 0 Å². The molecule has 0 aromatic heterocycles. The number of carbonyl (C=O) groups excluding carboxylic acids is 1. The minimum atomic E-state index is -0.871. The molecule has 0 bridgehead atoms. The lowest BCUT2D eigenvalue weighted by Crippen LogP contribution is -2.51. The topological polar surface area (TPSA) is 32.3 Å². The van der Waals surface area contributed by atoms with Crippen LogP contribution >= 0.6 is 0 Å². The van der Waals surface area contributed by atoms with E-state index >= 15 is 0 Å². The summed E-state index contributed by atoms with van der Waals surface area (Å²) in [6.45, 7) is 4.99. The Kier molecular flexibility index (Phi) is 4.70. The molecule has 0 saturated carbocycles. The van der Waals surface area contributed by atoms with E-state index in [2.05, 4.69) is 5.32 Å². The van der Waals surface area contributed by atoms with Crippen LogP contribution in [0.25, 0.3) is 0 Å². The van der Waals surface area contributed by atoms with Gasteiger partial charge in [-0.05, 0) is 30.5 Å². The lowest BCUT2D eigenvalue weighted by atomic mass is 10.0. The van der Waals surface area contributed by atoms with Gasteiger partial charge in [0.25, 0.3) is 0 Å². The van der Waals surface area contributed by atoms with Crippen LogP contribution in [0.3, 0.4) is 0 Å². The van der Waals surface area contributed by atoms with Crippen LogP contribution in [0.2, 0.25) is 0 Å². The number of rotatable bonds is 4. The van der Waals surface area contributed by atoms with Crippen LogP contribution in [0.15, 0.2) is 18.2 Å². The molecule has 1 amide bonds. The molecular formula is C15H20F2N2O. The summed E-state index contributed by atoms with van der Waals surface area (Å²) in [5.41, 5.74) is 0.613. The molecule has 20 heavy (non-hydrogen) atoms. The van der Waals surface area contributed by atoms with Crippen molar-refractivity contribution >= 4 is 5.91 Å². The molecule has 2 rings (SSSR count). The molecule has 0 radical (unpaired) electrons. The third-order valence-corrected chi connectivity index (χ3v) is 3.42. The van der Waals surface area contributed by atoms with E-state index in [4.69, 9.17) is 0 Å². The van der Waals surface area contributed by atoms with Crippen LogP contribution in [0.4, 0.5) is 8.78 Å². The molecule has 1 aromatic carbocycles. The molecular weight excluding hydrogens is 262 g/mol. The quantitative estimate of drug-likeness (QED) is 0.920. The smallest absolute Gasteiger partial charge is 0.240 e. The fourth-order valence-corrected chi connectivity index (χ4v) is 2.51. The zero-order valence-corrected chi connectivity index (χ0v) is 11.8. The van der Waals surface area contributed by atoms with E-state index in [-0.39, 0.29) is 18.0 Å². The number of nitrogens with one attached hydrogen (secondary N) is 1. The third kappa shape index (κ3) is 3.54. The molecule has 5 heteroatoms. The van der Waals surface area contributed by atoms with Gasteiger partial charge in [0.15, 0.2) is 11.6 Å². The fourth-order valence-electron chi connectivity index (χ4n) is 2.51. The number of amides is 1. The first-order valence-electron chi connectivity index (χ1n) is 6.96. The SMILES string of the molecule is CC(C)NC1CCCN(Cc2ccc(F)c(F)c2)C1=O. The highest BCUT2D eigenvalue weighted by Crippen LogP contribution is 2.17. The Morgan fingerprint density at radius 1 is 1.35 bits per heavy atom. The predicted molar refractivity (Wildman–Crippen MR) is 73.1 cm³/mol. The molecule has 1 aliphatic heterocycles. The maximum atomic E-state index is 13.2. The zero-order valence-electron chi connectivity index (χ0n) is 11.8. The second-order valence-electron chi connectivity index (χ2n) is 5.52. The summed E-state index contributed by atoms with van der Waals surface area (Å²) in [5.74, 6) is -1.70.